The number of carboxylic acids is 1. The fourth-order valence-electron chi connectivity index (χ4n) is 1.61. The van der Waals surface area contributed by atoms with Crippen LogP contribution in [0.25, 0.3) is 0 Å². The maximum atomic E-state index is 10.9. The van der Waals surface area contributed by atoms with E-state index < -0.39 is 5.97 Å². The second-order valence-corrected chi connectivity index (χ2v) is 4.75. The number of halogens is 1. The molecule has 2 aromatic rings. The van der Waals surface area contributed by atoms with E-state index >= 15 is 0 Å². The van der Waals surface area contributed by atoms with Crippen LogP contribution in [0.15, 0.2) is 39.4 Å². The summed E-state index contributed by atoms with van der Waals surface area (Å²) < 4.78 is 6.09. The Bertz CT molecular complexity index is 577. The zero-order valence-electron chi connectivity index (χ0n) is 9.74. The van der Waals surface area contributed by atoms with Crippen molar-refractivity contribution in [3.8, 4) is 0 Å². The summed E-state index contributed by atoms with van der Waals surface area (Å²) in [6.45, 7) is 2.33. The minimum Gasteiger partial charge on any atom is -0.478 e. The van der Waals surface area contributed by atoms with E-state index in [-0.39, 0.29) is 5.56 Å². The predicted molar refractivity (Wildman–Crippen MR) is 71.9 cm³/mol. The molecule has 5 heteroatoms. The molecule has 0 aliphatic carbocycles. The lowest BCUT2D eigenvalue weighted by Gasteiger charge is -2.08. The summed E-state index contributed by atoms with van der Waals surface area (Å²) >= 11 is 3.45. The first-order valence-corrected chi connectivity index (χ1v) is 6.17. The monoisotopic (exact) mass is 309 g/mol. The molecule has 1 aromatic heterocycles. The predicted octanol–water partition coefficient (Wildman–Crippen LogP) is 3.66. The summed E-state index contributed by atoms with van der Waals surface area (Å²) in [6, 6.07) is 7.35. The molecule has 0 aliphatic heterocycles. The highest BCUT2D eigenvalue weighted by Gasteiger charge is 2.13. The molecule has 0 amide bonds. The SMILES string of the molecule is Cc1ccc(NCc2occc2C(=O)O)c(Br)c1. The Labute approximate surface area is 113 Å². The van der Waals surface area contributed by atoms with Crippen LogP contribution in [0.5, 0.6) is 0 Å². The van der Waals surface area contributed by atoms with Gasteiger partial charge in [0.15, 0.2) is 0 Å². The van der Waals surface area contributed by atoms with Gasteiger partial charge in [-0.2, -0.15) is 0 Å². The van der Waals surface area contributed by atoms with Gasteiger partial charge in [0.25, 0.3) is 0 Å². The number of anilines is 1. The van der Waals surface area contributed by atoms with Gasteiger partial charge < -0.3 is 14.8 Å². The number of hydrogen-bond acceptors (Lipinski definition) is 3. The molecular weight excluding hydrogens is 298 g/mol. The average molecular weight is 310 g/mol. The molecule has 0 aliphatic rings. The highest BCUT2D eigenvalue weighted by molar-refractivity contribution is 9.10. The van der Waals surface area contributed by atoms with Crippen molar-refractivity contribution in [2.45, 2.75) is 13.5 Å². The van der Waals surface area contributed by atoms with Crippen LogP contribution in [0.1, 0.15) is 21.7 Å². The molecule has 0 saturated heterocycles. The number of benzene rings is 1. The molecule has 0 bridgehead atoms. The first-order valence-electron chi connectivity index (χ1n) is 5.37. The molecule has 94 valence electrons. The number of hydrogen-bond donors (Lipinski definition) is 2. The van der Waals surface area contributed by atoms with Crippen LogP contribution in [0.4, 0.5) is 5.69 Å². The van der Waals surface area contributed by atoms with Gasteiger partial charge in [0.2, 0.25) is 0 Å². The van der Waals surface area contributed by atoms with E-state index in [0.717, 1.165) is 15.7 Å². The summed E-state index contributed by atoms with van der Waals surface area (Å²) in [4.78, 5) is 10.9. The maximum Gasteiger partial charge on any atom is 0.339 e. The van der Waals surface area contributed by atoms with Gasteiger partial charge in [-0.1, -0.05) is 6.07 Å². The third kappa shape index (κ3) is 2.73. The van der Waals surface area contributed by atoms with Crippen molar-refractivity contribution >= 4 is 27.6 Å². The Morgan fingerprint density at radius 3 is 2.89 bits per heavy atom. The Morgan fingerprint density at radius 1 is 1.44 bits per heavy atom. The lowest BCUT2D eigenvalue weighted by Crippen LogP contribution is -2.05. The summed E-state index contributed by atoms with van der Waals surface area (Å²) in [7, 11) is 0. The number of carbonyl (C=O) groups is 1. The summed E-state index contributed by atoms with van der Waals surface area (Å²) in [6.07, 6.45) is 1.38. The lowest BCUT2D eigenvalue weighted by molar-refractivity contribution is 0.0694. The summed E-state index contributed by atoms with van der Waals surface area (Å²) in [5.41, 5.74) is 2.23. The largest absolute Gasteiger partial charge is 0.478 e. The third-order valence-corrected chi connectivity index (χ3v) is 3.20. The van der Waals surface area contributed by atoms with E-state index in [0.29, 0.717) is 12.3 Å². The van der Waals surface area contributed by atoms with Crippen molar-refractivity contribution in [1.29, 1.82) is 0 Å². The van der Waals surface area contributed by atoms with Crippen molar-refractivity contribution < 1.29 is 14.3 Å². The Balaban J connectivity index is 2.11. The Hall–Kier alpha value is -1.75. The second kappa shape index (κ2) is 5.27. The minimum absolute atomic E-state index is 0.186. The van der Waals surface area contributed by atoms with E-state index in [1.165, 1.54) is 12.3 Å². The van der Waals surface area contributed by atoms with Crippen molar-refractivity contribution in [2.75, 3.05) is 5.32 Å². The first kappa shape index (κ1) is 12.7. The minimum atomic E-state index is -0.983. The Morgan fingerprint density at radius 2 is 2.22 bits per heavy atom. The van der Waals surface area contributed by atoms with Crippen molar-refractivity contribution in [1.82, 2.24) is 0 Å². The molecule has 0 fully saturated rings. The maximum absolute atomic E-state index is 10.9. The molecule has 2 N–H and O–H groups in total. The van der Waals surface area contributed by atoms with Gasteiger partial charge in [-0.05, 0) is 46.6 Å². The molecule has 1 aromatic carbocycles. The van der Waals surface area contributed by atoms with E-state index in [1.54, 1.807) is 0 Å². The number of nitrogens with one attached hydrogen (secondary N) is 1. The molecular formula is C13H12BrNO3. The fourth-order valence-corrected chi connectivity index (χ4v) is 2.24. The molecule has 0 saturated carbocycles. The topological polar surface area (TPSA) is 62.5 Å². The van der Waals surface area contributed by atoms with Gasteiger partial charge in [-0.25, -0.2) is 4.79 Å². The van der Waals surface area contributed by atoms with Crippen LogP contribution in [-0.2, 0) is 6.54 Å². The van der Waals surface area contributed by atoms with Gasteiger partial charge >= 0.3 is 5.97 Å². The quantitative estimate of drug-likeness (QED) is 0.904. The van der Waals surface area contributed by atoms with Gasteiger partial charge in [0.1, 0.15) is 11.3 Å². The van der Waals surface area contributed by atoms with Crippen LogP contribution < -0.4 is 5.32 Å². The van der Waals surface area contributed by atoms with Gasteiger partial charge in [-0.3, -0.25) is 0 Å². The number of aryl methyl sites for hydroxylation is 1. The fraction of sp³-hybridized carbons (Fsp3) is 0.154. The average Bonchev–Trinajstić information content (AvgIpc) is 2.76. The van der Waals surface area contributed by atoms with E-state index in [9.17, 15) is 4.79 Å². The van der Waals surface area contributed by atoms with Gasteiger partial charge in [-0.15, -0.1) is 0 Å². The van der Waals surface area contributed by atoms with Gasteiger partial charge in [0, 0.05) is 10.2 Å². The standard InChI is InChI=1S/C13H12BrNO3/c1-8-2-3-11(10(14)6-8)15-7-12-9(13(16)17)4-5-18-12/h2-6,15H,7H2,1H3,(H,16,17). The highest BCUT2D eigenvalue weighted by Crippen LogP contribution is 2.24. The van der Waals surface area contributed by atoms with Crippen LogP contribution >= 0.6 is 15.9 Å². The van der Waals surface area contributed by atoms with Gasteiger partial charge in [0.05, 0.1) is 12.8 Å². The molecule has 18 heavy (non-hydrogen) atoms. The molecule has 0 atom stereocenters. The summed E-state index contributed by atoms with van der Waals surface area (Å²) in [5, 5.41) is 12.1. The van der Waals surface area contributed by atoms with E-state index in [4.69, 9.17) is 9.52 Å². The third-order valence-electron chi connectivity index (χ3n) is 2.54. The lowest BCUT2D eigenvalue weighted by atomic mass is 10.2. The molecule has 0 radical (unpaired) electrons. The first-order chi connectivity index (χ1) is 8.58. The highest BCUT2D eigenvalue weighted by atomic mass is 79.9. The molecule has 4 nitrogen and oxygen atoms in total. The smallest absolute Gasteiger partial charge is 0.339 e. The number of carboxylic acid groups (broad SMARTS) is 1. The molecule has 2 rings (SSSR count). The van der Waals surface area contributed by atoms with Crippen LogP contribution in [0.2, 0.25) is 0 Å². The number of rotatable bonds is 4. The molecule has 0 spiro atoms. The molecule has 0 unspecified atom stereocenters. The van der Waals surface area contributed by atoms with Crippen molar-refractivity contribution in [3.63, 3.8) is 0 Å². The van der Waals surface area contributed by atoms with Crippen LogP contribution in [0.3, 0.4) is 0 Å². The van der Waals surface area contributed by atoms with Crippen molar-refractivity contribution in [3.05, 3.63) is 51.9 Å². The Kier molecular flexibility index (Phi) is 3.72. The van der Waals surface area contributed by atoms with E-state index in [2.05, 4.69) is 21.2 Å². The normalized spacial score (nSPS) is 10.3. The zero-order valence-corrected chi connectivity index (χ0v) is 11.3. The number of aromatic carboxylic acids is 1. The number of furan rings is 1. The zero-order chi connectivity index (χ0) is 13.1. The van der Waals surface area contributed by atoms with Crippen molar-refractivity contribution in [2.24, 2.45) is 0 Å². The van der Waals surface area contributed by atoms with E-state index in [1.807, 2.05) is 25.1 Å². The van der Waals surface area contributed by atoms with Crippen LogP contribution in [0, 0.1) is 6.92 Å². The second-order valence-electron chi connectivity index (χ2n) is 3.90. The van der Waals surface area contributed by atoms with Crippen LogP contribution in [-0.4, -0.2) is 11.1 Å². The summed E-state index contributed by atoms with van der Waals surface area (Å²) in [5.74, 6) is -0.571. The molecule has 1 heterocycles.